The normalized spacial score (nSPS) is 9.58. The second kappa shape index (κ2) is 2.55. The number of nitriles is 1. The van der Waals surface area contributed by atoms with Crippen LogP contribution < -0.4 is 0 Å². The molecule has 56 valence electrons. The largest absolute Gasteiger partial charge is 0.243 e. The van der Waals surface area contributed by atoms with E-state index in [2.05, 4.69) is 15.0 Å². The van der Waals surface area contributed by atoms with Crippen molar-refractivity contribution in [3.8, 4) is 6.07 Å². The van der Waals surface area contributed by atoms with E-state index in [1.54, 1.807) is 18.3 Å². The van der Waals surface area contributed by atoms with Crippen LogP contribution in [0.2, 0.25) is 0 Å². The third-order valence-electron chi connectivity index (χ3n) is 1.48. The average molecular weight is 156 g/mol. The molecule has 0 amide bonds. The summed E-state index contributed by atoms with van der Waals surface area (Å²) in [6, 6.07) is 5.34. The molecule has 0 spiro atoms. The van der Waals surface area contributed by atoms with Crippen molar-refractivity contribution in [2.75, 3.05) is 0 Å². The van der Waals surface area contributed by atoms with Gasteiger partial charge in [-0.2, -0.15) is 5.26 Å². The maximum Gasteiger partial charge on any atom is 0.141 e. The lowest BCUT2D eigenvalue weighted by molar-refractivity contribution is 1.19. The monoisotopic (exact) mass is 156 g/mol. The molecule has 0 aromatic carbocycles. The Bertz CT molecular complexity index is 458. The van der Waals surface area contributed by atoms with Crippen molar-refractivity contribution in [1.29, 1.82) is 5.26 Å². The van der Waals surface area contributed by atoms with E-state index in [1.165, 1.54) is 6.33 Å². The SMILES string of the molecule is N#Cc1ccc2ncncc2n1. The van der Waals surface area contributed by atoms with Crippen LogP contribution in [0.4, 0.5) is 0 Å². The number of rotatable bonds is 0. The molecule has 0 aliphatic rings. The topological polar surface area (TPSA) is 62.5 Å². The molecule has 2 aromatic heterocycles. The van der Waals surface area contributed by atoms with E-state index in [1.807, 2.05) is 6.07 Å². The van der Waals surface area contributed by atoms with Crippen LogP contribution in [0.25, 0.3) is 11.0 Å². The van der Waals surface area contributed by atoms with Gasteiger partial charge in [-0.05, 0) is 12.1 Å². The van der Waals surface area contributed by atoms with Crippen LogP contribution in [0.15, 0.2) is 24.7 Å². The van der Waals surface area contributed by atoms with Gasteiger partial charge in [-0.25, -0.2) is 15.0 Å². The summed E-state index contributed by atoms with van der Waals surface area (Å²) in [6.07, 6.45) is 3.04. The number of pyridine rings is 1. The van der Waals surface area contributed by atoms with Gasteiger partial charge in [0.25, 0.3) is 0 Å². The fraction of sp³-hybridized carbons (Fsp3) is 0. The van der Waals surface area contributed by atoms with Gasteiger partial charge in [0.15, 0.2) is 0 Å². The molecule has 0 atom stereocenters. The van der Waals surface area contributed by atoms with Gasteiger partial charge in [-0.15, -0.1) is 0 Å². The summed E-state index contributed by atoms with van der Waals surface area (Å²) >= 11 is 0. The summed E-state index contributed by atoms with van der Waals surface area (Å²) in [5, 5.41) is 8.54. The van der Waals surface area contributed by atoms with Gasteiger partial charge >= 0.3 is 0 Å². The van der Waals surface area contributed by atoms with E-state index in [0.29, 0.717) is 11.2 Å². The van der Waals surface area contributed by atoms with Gasteiger partial charge < -0.3 is 0 Å². The van der Waals surface area contributed by atoms with Crippen LogP contribution in [0.1, 0.15) is 5.69 Å². The molecule has 0 N–H and O–H groups in total. The lowest BCUT2D eigenvalue weighted by atomic mass is 10.3. The summed E-state index contributed by atoms with van der Waals surface area (Å²) in [6.45, 7) is 0. The Morgan fingerprint density at radius 1 is 1.25 bits per heavy atom. The molecule has 2 heterocycles. The molecule has 4 heteroatoms. The zero-order valence-corrected chi connectivity index (χ0v) is 6.10. The fourth-order valence-electron chi connectivity index (χ4n) is 0.933. The highest BCUT2D eigenvalue weighted by molar-refractivity contribution is 5.72. The first-order chi connectivity index (χ1) is 5.90. The Kier molecular flexibility index (Phi) is 1.42. The summed E-state index contributed by atoms with van der Waals surface area (Å²) in [5.74, 6) is 0. The first-order valence-corrected chi connectivity index (χ1v) is 3.37. The lowest BCUT2D eigenvalue weighted by Gasteiger charge is -1.93. The Morgan fingerprint density at radius 3 is 3.00 bits per heavy atom. The Balaban J connectivity index is 2.78. The molecule has 0 saturated heterocycles. The van der Waals surface area contributed by atoms with Crippen LogP contribution in [0.3, 0.4) is 0 Å². The maximum absolute atomic E-state index is 8.54. The van der Waals surface area contributed by atoms with E-state index in [9.17, 15) is 0 Å². The van der Waals surface area contributed by atoms with Crippen molar-refractivity contribution >= 4 is 11.0 Å². The number of hydrogen-bond acceptors (Lipinski definition) is 4. The highest BCUT2D eigenvalue weighted by Crippen LogP contribution is 2.06. The Hall–Kier alpha value is -2.02. The summed E-state index contributed by atoms with van der Waals surface area (Å²) in [4.78, 5) is 11.8. The predicted molar refractivity (Wildman–Crippen MR) is 42.0 cm³/mol. The highest BCUT2D eigenvalue weighted by Gasteiger charge is 1.96. The average Bonchev–Trinajstić information content (AvgIpc) is 2.17. The molecular formula is C8H4N4. The predicted octanol–water partition coefficient (Wildman–Crippen LogP) is 0.896. The van der Waals surface area contributed by atoms with Crippen molar-refractivity contribution in [1.82, 2.24) is 15.0 Å². The van der Waals surface area contributed by atoms with Crippen LogP contribution in [0.5, 0.6) is 0 Å². The number of hydrogen-bond donors (Lipinski definition) is 0. The molecule has 0 bridgehead atoms. The molecule has 0 aliphatic carbocycles. The van der Waals surface area contributed by atoms with Crippen molar-refractivity contribution in [3.63, 3.8) is 0 Å². The van der Waals surface area contributed by atoms with Crippen LogP contribution in [0, 0.1) is 11.3 Å². The minimum atomic E-state index is 0.386. The van der Waals surface area contributed by atoms with Crippen LogP contribution >= 0.6 is 0 Å². The van der Waals surface area contributed by atoms with E-state index >= 15 is 0 Å². The number of aromatic nitrogens is 3. The molecule has 0 radical (unpaired) electrons. The van der Waals surface area contributed by atoms with Gasteiger partial charge in [0, 0.05) is 0 Å². The van der Waals surface area contributed by atoms with Crippen molar-refractivity contribution in [3.05, 3.63) is 30.4 Å². The van der Waals surface area contributed by atoms with E-state index < -0.39 is 0 Å². The van der Waals surface area contributed by atoms with Gasteiger partial charge in [0.2, 0.25) is 0 Å². The summed E-state index contributed by atoms with van der Waals surface area (Å²) < 4.78 is 0. The zero-order chi connectivity index (χ0) is 8.39. The lowest BCUT2D eigenvalue weighted by Crippen LogP contribution is -1.86. The standard InChI is InChI=1S/C8H4N4/c9-3-6-1-2-7-8(12-6)4-10-5-11-7/h1-2,4-5H. The summed E-state index contributed by atoms with van der Waals surface area (Å²) in [5.41, 5.74) is 1.79. The third kappa shape index (κ3) is 0.974. The number of nitrogens with zero attached hydrogens (tertiary/aromatic N) is 4. The quantitative estimate of drug-likeness (QED) is 0.568. The number of fused-ring (bicyclic) bond motifs is 1. The van der Waals surface area contributed by atoms with Gasteiger partial charge in [-0.1, -0.05) is 0 Å². The van der Waals surface area contributed by atoms with Crippen molar-refractivity contribution in [2.24, 2.45) is 0 Å². The Morgan fingerprint density at radius 2 is 2.17 bits per heavy atom. The minimum Gasteiger partial charge on any atom is -0.243 e. The molecule has 0 fully saturated rings. The minimum absolute atomic E-state index is 0.386. The van der Waals surface area contributed by atoms with Crippen molar-refractivity contribution < 1.29 is 0 Å². The molecule has 4 nitrogen and oxygen atoms in total. The fourth-order valence-corrected chi connectivity index (χ4v) is 0.933. The smallest absolute Gasteiger partial charge is 0.141 e. The molecule has 2 aromatic rings. The Labute approximate surface area is 68.5 Å². The van der Waals surface area contributed by atoms with Crippen molar-refractivity contribution in [2.45, 2.75) is 0 Å². The summed E-state index contributed by atoms with van der Waals surface area (Å²) in [7, 11) is 0. The molecule has 12 heavy (non-hydrogen) atoms. The van der Waals surface area contributed by atoms with E-state index in [4.69, 9.17) is 5.26 Å². The second-order valence-corrected chi connectivity index (χ2v) is 2.24. The zero-order valence-electron chi connectivity index (χ0n) is 6.10. The van der Waals surface area contributed by atoms with Gasteiger partial charge in [0.1, 0.15) is 23.6 Å². The molecule has 2 rings (SSSR count). The van der Waals surface area contributed by atoms with Crippen LogP contribution in [-0.2, 0) is 0 Å². The van der Waals surface area contributed by atoms with Crippen LogP contribution in [-0.4, -0.2) is 15.0 Å². The molecular weight excluding hydrogens is 152 g/mol. The molecule has 0 aliphatic heterocycles. The molecule has 0 saturated carbocycles. The second-order valence-electron chi connectivity index (χ2n) is 2.24. The van der Waals surface area contributed by atoms with Gasteiger partial charge in [-0.3, -0.25) is 0 Å². The maximum atomic E-state index is 8.54. The highest BCUT2D eigenvalue weighted by atomic mass is 14.9. The first-order valence-electron chi connectivity index (χ1n) is 3.37. The molecule has 0 unspecified atom stereocenters. The third-order valence-corrected chi connectivity index (χ3v) is 1.48. The first kappa shape index (κ1) is 6.68. The van der Waals surface area contributed by atoms with Gasteiger partial charge in [0.05, 0.1) is 11.7 Å². The van der Waals surface area contributed by atoms with E-state index in [0.717, 1.165) is 5.52 Å². The van der Waals surface area contributed by atoms with E-state index in [-0.39, 0.29) is 0 Å².